The Labute approximate surface area is 196 Å². The van der Waals surface area contributed by atoms with Crippen LogP contribution in [0, 0.1) is 23.2 Å². The van der Waals surface area contributed by atoms with Gasteiger partial charge in [0.25, 0.3) is 0 Å². The maximum Gasteiger partial charge on any atom is 0.210 e. The maximum atomic E-state index is 13.4. The molecule has 6 nitrogen and oxygen atoms in total. The number of benzene rings is 2. The molecule has 0 bridgehead atoms. The monoisotopic (exact) mass is 451 g/mol. The summed E-state index contributed by atoms with van der Waals surface area (Å²) in [5.41, 5.74) is 2.05. The van der Waals surface area contributed by atoms with E-state index in [2.05, 4.69) is 41.0 Å². The third kappa shape index (κ3) is 7.76. The van der Waals surface area contributed by atoms with Crippen molar-refractivity contribution in [2.75, 3.05) is 26.7 Å². The Morgan fingerprint density at radius 3 is 2.39 bits per heavy atom. The van der Waals surface area contributed by atoms with Crippen LogP contribution in [0.25, 0.3) is 0 Å². The molecule has 1 aliphatic rings. The second-order valence-corrected chi connectivity index (χ2v) is 9.03. The number of piperidine rings is 1. The number of nitrogens with zero attached hydrogens (tertiary/aromatic N) is 4. The molecular weight excluding hydrogens is 417 g/mol. The van der Waals surface area contributed by atoms with Crippen molar-refractivity contribution in [2.24, 2.45) is 10.9 Å². The maximum absolute atomic E-state index is 13.4. The molecule has 0 spiro atoms. The van der Waals surface area contributed by atoms with Crippen molar-refractivity contribution in [2.45, 2.75) is 45.8 Å². The summed E-state index contributed by atoms with van der Waals surface area (Å²) in [5.74, 6) is 1.62. The van der Waals surface area contributed by atoms with Gasteiger partial charge in [0.15, 0.2) is 0 Å². The van der Waals surface area contributed by atoms with E-state index in [1.165, 1.54) is 12.1 Å². The Morgan fingerprint density at radius 2 is 1.79 bits per heavy atom. The highest BCUT2D eigenvalue weighted by atomic mass is 19.1. The van der Waals surface area contributed by atoms with Gasteiger partial charge in [0.1, 0.15) is 11.6 Å². The molecule has 0 unspecified atom stereocenters. The molecular formula is C26H34FN5O. The summed E-state index contributed by atoms with van der Waals surface area (Å²) in [6, 6.07) is 14.7. The summed E-state index contributed by atoms with van der Waals surface area (Å²) in [5, 5.41) is 12.8. The van der Waals surface area contributed by atoms with Gasteiger partial charge in [0, 0.05) is 19.1 Å². The van der Waals surface area contributed by atoms with Crippen LogP contribution in [0.5, 0.6) is 5.75 Å². The van der Waals surface area contributed by atoms with Gasteiger partial charge in [-0.3, -0.25) is 0 Å². The van der Waals surface area contributed by atoms with E-state index in [9.17, 15) is 9.65 Å². The normalized spacial score (nSPS) is 15.3. The van der Waals surface area contributed by atoms with E-state index in [1.54, 1.807) is 12.1 Å². The third-order valence-corrected chi connectivity index (χ3v) is 5.78. The van der Waals surface area contributed by atoms with Crippen molar-refractivity contribution in [3.8, 4) is 11.9 Å². The average Bonchev–Trinajstić information content (AvgIpc) is 2.81. The molecule has 0 atom stereocenters. The number of guanidine groups is 1. The highest BCUT2D eigenvalue weighted by Gasteiger charge is 2.26. The van der Waals surface area contributed by atoms with E-state index in [4.69, 9.17) is 4.74 Å². The lowest BCUT2D eigenvalue weighted by Crippen LogP contribution is -2.50. The zero-order valence-corrected chi connectivity index (χ0v) is 19.8. The first-order valence-corrected chi connectivity index (χ1v) is 11.6. The molecule has 1 saturated heterocycles. The summed E-state index contributed by atoms with van der Waals surface area (Å²) in [7, 11) is 2.12. The lowest BCUT2D eigenvalue weighted by molar-refractivity contribution is 0.168. The number of ether oxygens (including phenoxy) is 1. The van der Waals surface area contributed by atoms with Crippen LogP contribution in [0.2, 0.25) is 0 Å². The van der Waals surface area contributed by atoms with Crippen molar-refractivity contribution in [1.82, 2.24) is 15.1 Å². The number of rotatable bonds is 8. The van der Waals surface area contributed by atoms with Crippen molar-refractivity contribution in [3.05, 3.63) is 65.5 Å². The number of hydrogen-bond acceptors (Lipinski definition) is 4. The summed E-state index contributed by atoms with van der Waals surface area (Å²) < 4.78 is 19.2. The van der Waals surface area contributed by atoms with Crippen LogP contribution in [-0.4, -0.2) is 48.5 Å². The third-order valence-electron chi connectivity index (χ3n) is 5.78. The lowest BCUT2D eigenvalue weighted by atomic mass is 10.0. The van der Waals surface area contributed by atoms with Crippen LogP contribution < -0.4 is 10.1 Å². The van der Waals surface area contributed by atoms with Crippen LogP contribution in [0.15, 0.2) is 53.5 Å². The molecule has 2 aromatic rings. The molecule has 7 heteroatoms. The fourth-order valence-electron chi connectivity index (χ4n) is 3.87. The van der Waals surface area contributed by atoms with Gasteiger partial charge in [0.05, 0.1) is 6.61 Å². The molecule has 3 rings (SSSR count). The zero-order chi connectivity index (χ0) is 23.6. The van der Waals surface area contributed by atoms with Gasteiger partial charge in [-0.1, -0.05) is 38.1 Å². The predicted molar refractivity (Wildman–Crippen MR) is 129 cm³/mol. The van der Waals surface area contributed by atoms with Crippen LogP contribution in [-0.2, 0) is 13.1 Å². The summed E-state index contributed by atoms with van der Waals surface area (Å²) >= 11 is 0. The smallest absolute Gasteiger partial charge is 0.210 e. The first-order chi connectivity index (χ1) is 15.9. The number of nitrogens with one attached hydrogen (secondary N) is 1. The quantitative estimate of drug-likeness (QED) is 0.367. The summed E-state index contributed by atoms with van der Waals surface area (Å²) in [6.45, 7) is 8.00. The number of aliphatic imine (C=N–C) groups is 1. The fourth-order valence-corrected chi connectivity index (χ4v) is 3.87. The van der Waals surface area contributed by atoms with E-state index < -0.39 is 0 Å². The van der Waals surface area contributed by atoms with E-state index >= 15 is 0 Å². The molecule has 1 heterocycles. The molecule has 0 aromatic heterocycles. The summed E-state index contributed by atoms with van der Waals surface area (Å²) in [4.78, 5) is 8.60. The van der Waals surface area contributed by atoms with Crippen LogP contribution in [0.3, 0.4) is 0 Å². The molecule has 1 fully saturated rings. The molecule has 0 aliphatic carbocycles. The Balaban J connectivity index is 1.72. The summed E-state index contributed by atoms with van der Waals surface area (Å²) in [6.07, 6.45) is 3.91. The second kappa shape index (κ2) is 12.2. The van der Waals surface area contributed by atoms with Gasteiger partial charge in [0.2, 0.25) is 12.2 Å². The van der Waals surface area contributed by atoms with Gasteiger partial charge in [-0.05, 0) is 74.3 Å². The average molecular weight is 452 g/mol. The Hall–Kier alpha value is -3.11. The van der Waals surface area contributed by atoms with Gasteiger partial charge in [-0.2, -0.15) is 5.26 Å². The van der Waals surface area contributed by atoms with Crippen molar-refractivity contribution in [3.63, 3.8) is 0 Å². The number of nitriles is 1. The van der Waals surface area contributed by atoms with Gasteiger partial charge in [-0.25, -0.2) is 4.39 Å². The minimum Gasteiger partial charge on any atom is -0.493 e. The molecule has 1 aliphatic heterocycles. The molecule has 0 saturated carbocycles. The molecule has 0 radical (unpaired) electrons. The first-order valence-electron chi connectivity index (χ1n) is 11.6. The van der Waals surface area contributed by atoms with E-state index in [0.717, 1.165) is 42.8 Å². The predicted octanol–water partition coefficient (Wildman–Crippen LogP) is 4.38. The van der Waals surface area contributed by atoms with Crippen molar-refractivity contribution in [1.29, 1.82) is 5.26 Å². The fraction of sp³-hybridized carbons (Fsp3) is 0.462. The molecule has 0 amide bonds. The number of hydrogen-bond donors (Lipinski definition) is 1. The van der Waals surface area contributed by atoms with E-state index in [-0.39, 0.29) is 11.9 Å². The van der Waals surface area contributed by atoms with E-state index in [1.807, 2.05) is 30.5 Å². The van der Waals surface area contributed by atoms with Crippen molar-refractivity contribution >= 4 is 5.96 Å². The zero-order valence-electron chi connectivity index (χ0n) is 19.8. The SMILES string of the molecule is CC(C)COc1ccc(CNC(=NC#N)N(Cc2ccc(F)cc2)C2CCN(C)CC2)cc1. The number of halogens is 1. The van der Waals surface area contributed by atoms with Crippen LogP contribution in [0.1, 0.15) is 37.8 Å². The molecule has 2 aromatic carbocycles. The Morgan fingerprint density at radius 1 is 1.15 bits per heavy atom. The number of likely N-dealkylation sites (tertiary alicyclic amines) is 1. The Bertz CT molecular complexity index is 929. The highest BCUT2D eigenvalue weighted by molar-refractivity contribution is 5.81. The largest absolute Gasteiger partial charge is 0.493 e. The molecule has 33 heavy (non-hydrogen) atoms. The first kappa shape index (κ1) is 24.5. The minimum atomic E-state index is -0.255. The van der Waals surface area contributed by atoms with Gasteiger partial charge < -0.3 is 19.9 Å². The highest BCUT2D eigenvalue weighted by Crippen LogP contribution is 2.20. The van der Waals surface area contributed by atoms with E-state index in [0.29, 0.717) is 31.6 Å². The molecule has 176 valence electrons. The topological polar surface area (TPSA) is 63.9 Å². The van der Waals surface area contributed by atoms with Crippen LogP contribution in [0.4, 0.5) is 4.39 Å². The van der Waals surface area contributed by atoms with Gasteiger partial charge in [-0.15, -0.1) is 4.99 Å². The van der Waals surface area contributed by atoms with Crippen LogP contribution >= 0.6 is 0 Å². The second-order valence-electron chi connectivity index (χ2n) is 9.03. The van der Waals surface area contributed by atoms with Gasteiger partial charge >= 0.3 is 0 Å². The lowest BCUT2D eigenvalue weighted by Gasteiger charge is -2.39. The minimum absolute atomic E-state index is 0.248. The standard InChI is InChI=1S/C26H34FN5O/c1-20(2)18-33-25-10-6-21(7-11-25)16-29-26(30-19-28)32(24-12-14-31(3)15-13-24)17-22-4-8-23(27)9-5-22/h4-11,20,24H,12-18H2,1-3H3,(H,29,30). The van der Waals surface area contributed by atoms with Crippen molar-refractivity contribution < 1.29 is 9.13 Å². The Kier molecular flexibility index (Phi) is 9.08. The molecule has 1 N–H and O–H groups in total.